The molecule has 0 saturated carbocycles. The summed E-state index contributed by atoms with van der Waals surface area (Å²) in [6.07, 6.45) is 2.91. The predicted octanol–water partition coefficient (Wildman–Crippen LogP) is 5.45. The number of rotatable bonds is 9. The van der Waals surface area contributed by atoms with Gasteiger partial charge in [-0.2, -0.15) is 0 Å². The Hall–Kier alpha value is -4.76. The van der Waals surface area contributed by atoms with E-state index < -0.39 is 5.91 Å². The molecule has 1 aliphatic heterocycles. The number of hydrogen-bond donors (Lipinski definition) is 2. The molecule has 1 fully saturated rings. The molecular weight excluding hydrogens is 559 g/mol. The van der Waals surface area contributed by atoms with Crippen molar-refractivity contribution in [3.8, 4) is 28.0 Å². The van der Waals surface area contributed by atoms with E-state index in [0.717, 1.165) is 34.2 Å². The Balaban J connectivity index is 1.43. The lowest BCUT2D eigenvalue weighted by Gasteiger charge is -2.23. The number of nitrogens with one attached hydrogen (secondary N) is 2. The molecule has 2 heterocycles. The number of benzene rings is 3. The Morgan fingerprint density at radius 1 is 1.05 bits per heavy atom. The van der Waals surface area contributed by atoms with Crippen molar-refractivity contribution in [2.75, 3.05) is 26.0 Å². The van der Waals surface area contributed by atoms with Crippen LogP contribution < -0.4 is 20.9 Å². The molecule has 1 saturated heterocycles. The van der Waals surface area contributed by atoms with E-state index in [-0.39, 0.29) is 28.9 Å². The van der Waals surface area contributed by atoms with Crippen LogP contribution >= 0.6 is 0 Å². The van der Waals surface area contributed by atoms with Gasteiger partial charge in [0.1, 0.15) is 17.1 Å². The van der Waals surface area contributed by atoms with Crippen LogP contribution in [0.3, 0.4) is 0 Å². The number of anilines is 1. The summed E-state index contributed by atoms with van der Waals surface area (Å²) in [5, 5.41) is 5.85. The number of aromatic nitrogens is 1. The van der Waals surface area contributed by atoms with Gasteiger partial charge in [-0.1, -0.05) is 30.3 Å². The van der Waals surface area contributed by atoms with Crippen LogP contribution in [0.4, 0.5) is 10.1 Å². The van der Waals surface area contributed by atoms with E-state index in [4.69, 9.17) is 4.74 Å². The zero-order valence-corrected chi connectivity index (χ0v) is 25.7. The number of amides is 2. The number of halogens is 1. The van der Waals surface area contributed by atoms with Gasteiger partial charge in [-0.15, -0.1) is 0 Å². The van der Waals surface area contributed by atoms with Crippen molar-refractivity contribution in [1.29, 1.82) is 0 Å². The van der Waals surface area contributed by atoms with Crippen molar-refractivity contribution >= 4 is 17.5 Å². The monoisotopic (exact) mass is 596 g/mol. The molecule has 228 valence electrons. The van der Waals surface area contributed by atoms with Crippen LogP contribution in [0, 0.1) is 19.7 Å². The second-order valence-corrected chi connectivity index (χ2v) is 11.4. The normalized spacial score (nSPS) is 14.5. The van der Waals surface area contributed by atoms with E-state index in [2.05, 4.69) is 10.6 Å². The number of pyridine rings is 1. The first-order valence-corrected chi connectivity index (χ1v) is 14.6. The molecule has 0 aliphatic carbocycles. The van der Waals surface area contributed by atoms with Crippen molar-refractivity contribution in [3.63, 3.8) is 0 Å². The number of carbonyl (C=O) groups excluding carboxylic acids is 2. The standard InChI is InChI=1S/C35H37FN4O4/c1-21-25(23-17-30(36)29(32(18-23)44-5)20-39(3)19-24-14-15-33(41)37-24)9-6-10-26(21)27-11-7-13-31(22(27)2)38-34(42)28-12-8-16-40(4)35(28)43/h6-13,16-18,24H,14-15,19-20H2,1-5H3,(H,37,41)(H,38,42)/t24-/m0/s1. The molecule has 5 rings (SSSR count). The van der Waals surface area contributed by atoms with Crippen molar-refractivity contribution in [2.24, 2.45) is 7.05 Å². The molecule has 44 heavy (non-hydrogen) atoms. The predicted molar refractivity (Wildman–Crippen MR) is 170 cm³/mol. The Morgan fingerprint density at radius 3 is 2.45 bits per heavy atom. The van der Waals surface area contributed by atoms with Gasteiger partial charge in [0.05, 0.1) is 7.11 Å². The van der Waals surface area contributed by atoms with Gasteiger partial charge in [0.2, 0.25) is 5.91 Å². The highest BCUT2D eigenvalue weighted by atomic mass is 19.1. The SMILES string of the molecule is COc1cc(-c2cccc(-c3cccc(NC(=O)c4cccn(C)c4=O)c3C)c2C)cc(F)c1CN(C)C[C@@H]1CCC(=O)N1. The van der Waals surface area contributed by atoms with E-state index in [1.54, 1.807) is 31.4 Å². The van der Waals surface area contributed by atoms with Crippen LogP contribution in [0.5, 0.6) is 5.75 Å². The highest BCUT2D eigenvalue weighted by Crippen LogP contribution is 2.38. The second-order valence-electron chi connectivity index (χ2n) is 11.4. The number of likely N-dealkylation sites (N-methyl/N-ethyl adjacent to an activating group) is 1. The fourth-order valence-electron chi connectivity index (χ4n) is 5.89. The van der Waals surface area contributed by atoms with E-state index in [1.807, 2.05) is 62.2 Å². The van der Waals surface area contributed by atoms with Crippen LogP contribution in [0.25, 0.3) is 22.3 Å². The van der Waals surface area contributed by atoms with Gasteiger partial charge in [0.15, 0.2) is 0 Å². The summed E-state index contributed by atoms with van der Waals surface area (Å²) in [5.74, 6) is -0.322. The first-order valence-electron chi connectivity index (χ1n) is 14.6. The summed E-state index contributed by atoms with van der Waals surface area (Å²) in [4.78, 5) is 39.0. The molecule has 2 N–H and O–H groups in total. The van der Waals surface area contributed by atoms with E-state index in [1.165, 1.54) is 17.7 Å². The van der Waals surface area contributed by atoms with Gasteiger partial charge in [0.25, 0.3) is 11.5 Å². The van der Waals surface area contributed by atoms with Crippen molar-refractivity contribution in [3.05, 3.63) is 105 Å². The molecule has 0 radical (unpaired) electrons. The van der Waals surface area contributed by atoms with Gasteiger partial charge in [-0.25, -0.2) is 4.39 Å². The van der Waals surface area contributed by atoms with E-state index >= 15 is 4.39 Å². The highest BCUT2D eigenvalue weighted by molar-refractivity contribution is 6.05. The first kappa shape index (κ1) is 30.7. The molecule has 3 aromatic carbocycles. The zero-order valence-electron chi connectivity index (χ0n) is 25.7. The summed E-state index contributed by atoms with van der Waals surface area (Å²) < 4.78 is 22.7. The lowest BCUT2D eigenvalue weighted by molar-refractivity contribution is -0.119. The molecule has 9 heteroatoms. The maximum absolute atomic E-state index is 15.7. The number of ether oxygens (including phenoxy) is 1. The van der Waals surface area contributed by atoms with Crippen molar-refractivity contribution in [1.82, 2.24) is 14.8 Å². The Bertz CT molecular complexity index is 1800. The van der Waals surface area contributed by atoms with Crippen LogP contribution in [0.2, 0.25) is 0 Å². The Kier molecular flexibility index (Phi) is 8.96. The largest absolute Gasteiger partial charge is 0.496 e. The van der Waals surface area contributed by atoms with Crippen molar-refractivity contribution < 1.29 is 18.7 Å². The molecule has 0 spiro atoms. The average molecular weight is 597 g/mol. The fourth-order valence-corrected chi connectivity index (χ4v) is 5.89. The quantitative estimate of drug-likeness (QED) is 0.268. The average Bonchev–Trinajstić information content (AvgIpc) is 3.40. The minimum Gasteiger partial charge on any atom is -0.496 e. The molecule has 0 unspecified atom stereocenters. The van der Waals surface area contributed by atoms with Gasteiger partial charge in [-0.05, 0) is 91.0 Å². The highest BCUT2D eigenvalue weighted by Gasteiger charge is 2.24. The summed E-state index contributed by atoms with van der Waals surface area (Å²) in [6.45, 7) is 4.88. The third-order valence-corrected chi connectivity index (χ3v) is 8.30. The molecule has 8 nitrogen and oxygen atoms in total. The second kappa shape index (κ2) is 12.9. The number of nitrogens with zero attached hydrogens (tertiary/aromatic N) is 2. The zero-order chi connectivity index (χ0) is 31.5. The van der Waals surface area contributed by atoms with Gasteiger partial charge in [-0.3, -0.25) is 19.3 Å². The maximum atomic E-state index is 15.7. The lowest BCUT2D eigenvalue weighted by Crippen LogP contribution is -2.36. The number of methoxy groups -OCH3 is 1. The minimum atomic E-state index is -0.474. The number of aryl methyl sites for hydroxylation is 1. The lowest BCUT2D eigenvalue weighted by atomic mass is 9.90. The summed E-state index contributed by atoms with van der Waals surface area (Å²) in [7, 11) is 5.05. The van der Waals surface area contributed by atoms with Gasteiger partial charge in [0, 0.05) is 50.0 Å². The van der Waals surface area contributed by atoms with Gasteiger partial charge >= 0.3 is 0 Å². The molecule has 0 bridgehead atoms. The van der Waals surface area contributed by atoms with Crippen LogP contribution in [0.1, 0.15) is 39.9 Å². The number of carbonyl (C=O) groups is 2. The molecular formula is C35H37FN4O4. The summed E-state index contributed by atoms with van der Waals surface area (Å²) in [6, 6.07) is 18.2. The van der Waals surface area contributed by atoms with E-state index in [9.17, 15) is 14.4 Å². The summed E-state index contributed by atoms with van der Waals surface area (Å²) >= 11 is 0. The van der Waals surface area contributed by atoms with Crippen LogP contribution in [-0.2, 0) is 18.4 Å². The molecule has 2 amide bonds. The van der Waals surface area contributed by atoms with E-state index in [0.29, 0.717) is 42.1 Å². The molecule has 1 aliphatic rings. The Labute approximate surface area is 256 Å². The third kappa shape index (κ3) is 6.28. The minimum absolute atomic E-state index is 0.0556. The fraction of sp³-hybridized carbons (Fsp3) is 0.286. The summed E-state index contributed by atoms with van der Waals surface area (Å²) in [5.41, 5.74) is 5.94. The smallest absolute Gasteiger partial charge is 0.263 e. The topological polar surface area (TPSA) is 92.7 Å². The molecule has 1 aromatic heterocycles. The van der Waals surface area contributed by atoms with Crippen LogP contribution in [-0.4, -0.2) is 48.0 Å². The number of hydrogen-bond acceptors (Lipinski definition) is 5. The maximum Gasteiger partial charge on any atom is 0.263 e. The molecule has 4 aromatic rings. The first-order chi connectivity index (χ1) is 21.1. The van der Waals surface area contributed by atoms with Crippen molar-refractivity contribution in [2.45, 2.75) is 39.3 Å². The Morgan fingerprint density at radius 2 is 1.75 bits per heavy atom. The van der Waals surface area contributed by atoms with Crippen LogP contribution in [0.15, 0.2) is 71.7 Å². The third-order valence-electron chi connectivity index (χ3n) is 8.30. The molecule has 1 atom stereocenters. The van der Waals surface area contributed by atoms with Gasteiger partial charge < -0.3 is 19.9 Å².